The molecule has 0 aromatic heterocycles. The summed E-state index contributed by atoms with van der Waals surface area (Å²) in [6, 6.07) is 5.85. The van der Waals surface area contributed by atoms with E-state index >= 15 is 0 Å². The number of halogens is 1. The van der Waals surface area contributed by atoms with Gasteiger partial charge >= 0.3 is 5.97 Å². The van der Waals surface area contributed by atoms with Crippen molar-refractivity contribution in [1.29, 1.82) is 0 Å². The van der Waals surface area contributed by atoms with Gasteiger partial charge in [0.05, 0.1) is 24.6 Å². The lowest BCUT2D eigenvalue weighted by Crippen LogP contribution is -2.44. The number of nitrogens with zero attached hydrogens (tertiary/aromatic N) is 2. The molecule has 120 valence electrons. The van der Waals surface area contributed by atoms with E-state index in [1.807, 2.05) is 4.90 Å². The van der Waals surface area contributed by atoms with Crippen LogP contribution >= 0.6 is 0 Å². The Morgan fingerprint density at radius 2 is 2.00 bits per heavy atom. The molecule has 1 fully saturated rings. The maximum absolute atomic E-state index is 13.9. The fourth-order valence-electron chi connectivity index (χ4n) is 2.18. The number of hydrazine groups is 1. The Bertz CT molecular complexity index is 573. The predicted molar refractivity (Wildman–Crippen MR) is 79.2 cm³/mol. The number of anilines is 1. The molecular weight excluding hydrogens is 291 g/mol. The van der Waals surface area contributed by atoms with E-state index in [9.17, 15) is 9.18 Å². The summed E-state index contributed by atoms with van der Waals surface area (Å²) in [6.45, 7) is 2.55. The van der Waals surface area contributed by atoms with Gasteiger partial charge < -0.3 is 15.6 Å². The van der Waals surface area contributed by atoms with Crippen LogP contribution in [0.15, 0.2) is 35.7 Å². The van der Waals surface area contributed by atoms with Crippen molar-refractivity contribution >= 4 is 11.7 Å². The number of hydrogen-bond donors (Lipinski definition) is 3. The molecule has 0 radical (unpaired) electrons. The molecule has 22 heavy (non-hydrogen) atoms. The van der Waals surface area contributed by atoms with E-state index in [2.05, 4.69) is 0 Å². The van der Waals surface area contributed by atoms with Gasteiger partial charge in [0.2, 0.25) is 0 Å². The number of morpholine rings is 1. The molecule has 0 amide bonds. The number of carboxylic acids is 1. The average molecular weight is 310 g/mol. The lowest BCUT2D eigenvalue weighted by molar-refractivity contribution is -0.132. The van der Waals surface area contributed by atoms with Crippen molar-refractivity contribution in [2.45, 2.75) is 0 Å². The molecule has 8 heteroatoms. The molecule has 0 aliphatic carbocycles. The van der Waals surface area contributed by atoms with Crippen LogP contribution in [0.3, 0.4) is 0 Å². The van der Waals surface area contributed by atoms with Crippen LogP contribution in [0.25, 0.3) is 0 Å². The maximum Gasteiger partial charge on any atom is 0.353 e. The van der Waals surface area contributed by atoms with Gasteiger partial charge in [0, 0.05) is 19.6 Å². The Labute approximate surface area is 127 Å². The van der Waals surface area contributed by atoms with Gasteiger partial charge in [-0.1, -0.05) is 12.1 Å². The van der Waals surface area contributed by atoms with Crippen LogP contribution in [-0.2, 0) is 9.53 Å². The van der Waals surface area contributed by atoms with Crippen molar-refractivity contribution in [3.63, 3.8) is 0 Å². The highest BCUT2D eigenvalue weighted by Crippen LogP contribution is 2.21. The standard InChI is InChI=1S/C14H19FN4O3/c15-10-3-1-2-4-11(10)19(17)12(13(16)14(20)21)9-18-5-7-22-8-6-18/h1-4H,5-9,16-17H2,(H,20,21)/b13-12-. The van der Waals surface area contributed by atoms with Gasteiger partial charge in [-0.2, -0.15) is 0 Å². The first-order valence-electron chi connectivity index (χ1n) is 6.82. The number of nitrogens with two attached hydrogens (primary N) is 2. The molecule has 1 aromatic rings. The normalized spacial score (nSPS) is 17.0. The molecule has 0 saturated carbocycles. The molecule has 1 aliphatic heterocycles. The summed E-state index contributed by atoms with van der Waals surface area (Å²) >= 11 is 0. The zero-order chi connectivity index (χ0) is 16.1. The Balaban J connectivity index is 2.30. The second-order valence-electron chi connectivity index (χ2n) is 4.88. The monoisotopic (exact) mass is 310 g/mol. The molecule has 0 unspecified atom stereocenters. The van der Waals surface area contributed by atoms with E-state index in [0.717, 1.165) is 5.01 Å². The van der Waals surface area contributed by atoms with E-state index in [0.29, 0.717) is 26.3 Å². The van der Waals surface area contributed by atoms with Crippen LogP contribution in [0.2, 0.25) is 0 Å². The number of aliphatic carboxylic acids is 1. The largest absolute Gasteiger partial charge is 0.477 e. The van der Waals surface area contributed by atoms with Gasteiger partial charge in [-0.15, -0.1) is 0 Å². The Morgan fingerprint density at radius 1 is 1.36 bits per heavy atom. The molecule has 1 saturated heterocycles. The molecule has 1 aliphatic rings. The third kappa shape index (κ3) is 3.73. The van der Waals surface area contributed by atoms with Crippen molar-refractivity contribution < 1.29 is 19.0 Å². The number of rotatable bonds is 5. The van der Waals surface area contributed by atoms with Crippen LogP contribution in [0, 0.1) is 5.82 Å². The Kier molecular flexibility index (Phi) is 5.31. The highest BCUT2D eigenvalue weighted by Gasteiger charge is 2.22. The minimum atomic E-state index is -1.30. The average Bonchev–Trinajstić information content (AvgIpc) is 2.52. The predicted octanol–water partition coefficient (Wildman–Crippen LogP) is 0.0929. The van der Waals surface area contributed by atoms with Gasteiger partial charge in [-0.05, 0) is 12.1 Å². The van der Waals surface area contributed by atoms with Crippen LogP contribution in [0.4, 0.5) is 10.1 Å². The molecule has 7 nitrogen and oxygen atoms in total. The third-order valence-electron chi connectivity index (χ3n) is 3.42. The number of carboxylic acid groups (broad SMARTS) is 1. The number of hydrogen-bond acceptors (Lipinski definition) is 6. The van der Waals surface area contributed by atoms with Crippen molar-refractivity contribution in [2.24, 2.45) is 11.6 Å². The van der Waals surface area contributed by atoms with Gasteiger partial charge in [-0.25, -0.2) is 15.0 Å². The SMILES string of the molecule is N/C(C(=O)O)=C(/CN1CCOCC1)N(N)c1ccccc1F. The first-order chi connectivity index (χ1) is 10.5. The molecule has 1 aromatic carbocycles. The zero-order valence-corrected chi connectivity index (χ0v) is 12.0. The number of ether oxygens (including phenoxy) is 1. The Hall–Kier alpha value is -2.16. The molecule has 0 atom stereocenters. The lowest BCUT2D eigenvalue weighted by atomic mass is 10.2. The number of benzene rings is 1. The third-order valence-corrected chi connectivity index (χ3v) is 3.42. The van der Waals surface area contributed by atoms with Crippen LogP contribution in [0.5, 0.6) is 0 Å². The van der Waals surface area contributed by atoms with Gasteiger partial charge in [0.1, 0.15) is 11.5 Å². The number of para-hydroxylation sites is 1. The van der Waals surface area contributed by atoms with E-state index in [-0.39, 0.29) is 17.9 Å². The fourth-order valence-corrected chi connectivity index (χ4v) is 2.18. The van der Waals surface area contributed by atoms with E-state index in [4.69, 9.17) is 21.4 Å². The quantitative estimate of drug-likeness (QED) is 0.402. The topological polar surface area (TPSA) is 105 Å². The van der Waals surface area contributed by atoms with E-state index in [1.165, 1.54) is 18.2 Å². The maximum atomic E-state index is 13.9. The fraction of sp³-hybridized carbons (Fsp3) is 0.357. The highest BCUT2D eigenvalue weighted by molar-refractivity contribution is 5.87. The summed E-state index contributed by atoms with van der Waals surface area (Å²) in [5, 5.41) is 10.1. The molecular formula is C14H19FN4O3. The van der Waals surface area contributed by atoms with Crippen LogP contribution in [-0.4, -0.2) is 48.8 Å². The summed E-state index contributed by atoms with van der Waals surface area (Å²) < 4.78 is 19.1. The second kappa shape index (κ2) is 7.21. The number of carbonyl (C=O) groups is 1. The van der Waals surface area contributed by atoms with Gasteiger partial charge in [0.25, 0.3) is 0 Å². The molecule has 5 N–H and O–H groups in total. The van der Waals surface area contributed by atoms with E-state index < -0.39 is 17.5 Å². The minimum Gasteiger partial charge on any atom is -0.477 e. The molecule has 0 bridgehead atoms. The van der Waals surface area contributed by atoms with Crippen LogP contribution < -0.4 is 16.6 Å². The first-order valence-corrected chi connectivity index (χ1v) is 6.82. The van der Waals surface area contributed by atoms with Crippen LogP contribution in [0.1, 0.15) is 0 Å². The summed E-state index contributed by atoms with van der Waals surface area (Å²) in [4.78, 5) is 13.2. The first kappa shape index (κ1) is 16.2. The zero-order valence-electron chi connectivity index (χ0n) is 12.0. The smallest absolute Gasteiger partial charge is 0.353 e. The molecule has 0 spiro atoms. The van der Waals surface area contributed by atoms with E-state index in [1.54, 1.807) is 6.07 Å². The Morgan fingerprint density at radius 3 is 2.59 bits per heavy atom. The second-order valence-corrected chi connectivity index (χ2v) is 4.88. The van der Waals surface area contributed by atoms with Crippen molar-refractivity contribution in [1.82, 2.24) is 4.90 Å². The van der Waals surface area contributed by atoms with Crippen molar-refractivity contribution in [2.75, 3.05) is 37.9 Å². The highest BCUT2D eigenvalue weighted by atomic mass is 19.1. The summed E-state index contributed by atoms with van der Waals surface area (Å²) in [7, 11) is 0. The van der Waals surface area contributed by atoms with Gasteiger partial charge in [0.15, 0.2) is 0 Å². The lowest BCUT2D eigenvalue weighted by Gasteiger charge is -2.31. The molecule has 1 heterocycles. The van der Waals surface area contributed by atoms with Gasteiger partial charge in [-0.3, -0.25) is 9.91 Å². The summed E-state index contributed by atoms with van der Waals surface area (Å²) in [6.07, 6.45) is 0. The summed E-state index contributed by atoms with van der Waals surface area (Å²) in [5.74, 6) is 4.08. The van der Waals surface area contributed by atoms with Crippen molar-refractivity contribution in [3.8, 4) is 0 Å². The summed E-state index contributed by atoms with van der Waals surface area (Å²) in [5.41, 5.74) is 5.44. The van der Waals surface area contributed by atoms with Crippen molar-refractivity contribution in [3.05, 3.63) is 41.5 Å². The minimum absolute atomic E-state index is 0.0648. The molecule has 2 rings (SSSR count).